The molecule has 5 heteroatoms. The van der Waals surface area contributed by atoms with Gasteiger partial charge in [-0.15, -0.1) is 0 Å². The molecule has 1 amide bonds. The van der Waals surface area contributed by atoms with Gasteiger partial charge in [0.05, 0.1) is 17.4 Å². The first-order valence-corrected chi connectivity index (χ1v) is 6.66. The monoisotopic (exact) mass is 257 g/mol. The fraction of sp³-hybridized carbons (Fsp3) is 0.667. The van der Waals surface area contributed by atoms with Crippen LogP contribution in [0.15, 0.2) is 12.2 Å². The average Bonchev–Trinajstić information content (AvgIpc) is 2.55. The first kappa shape index (κ1) is 14.3. The Labute approximate surface area is 106 Å². The highest BCUT2D eigenvalue weighted by Crippen LogP contribution is 2.29. The number of thioether (sulfide) groups is 1. The minimum atomic E-state index is -0.678. The molecule has 0 aliphatic heterocycles. The summed E-state index contributed by atoms with van der Waals surface area (Å²) in [6.45, 7) is 5.58. The van der Waals surface area contributed by atoms with Gasteiger partial charge >= 0.3 is 0 Å². The molecule has 0 unspecified atom stereocenters. The van der Waals surface area contributed by atoms with Crippen molar-refractivity contribution in [2.45, 2.75) is 44.6 Å². The first-order chi connectivity index (χ1) is 7.97. The summed E-state index contributed by atoms with van der Waals surface area (Å²) in [6.07, 6.45) is 3.63. The molecule has 1 N–H and O–H groups in total. The van der Waals surface area contributed by atoms with E-state index in [1.165, 1.54) is 25.6 Å². The number of aliphatic hydroxyl groups excluding tert-OH is 1. The second-order valence-electron chi connectivity index (χ2n) is 4.15. The fourth-order valence-electron chi connectivity index (χ4n) is 2.07. The van der Waals surface area contributed by atoms with Crippen molar-refractivity contribution < 1.29 is 14.7 Å². The standard InChI is InChI=1S/C12H19NO3S/c1-4-7-13(8(2)14)12-10(16)5-6-11(12)17-9(3)15/h5-6,10-12,16H,4,7H2,1-3H3/t10-,11+,12+/m1/s1. The Balaban J connectivity index is 2.82. The van der Waals surface area contributed by atoms with Gasteiger partial charge < -0.3 is 10.0 Å². The Kier molecular flexibility index (Phi) is 5.21. The predicted octanol–water partition coefficient (Wildman–Crippen LogP) is 1.19. The van der Waals surface area contributed by atoms with Gasteiger partial charge in [0.2, 0.25) is 5.91 Å². The van der Waals surface area contributed by atoms with Gasteiger partial charge in [-0.3, -0.25) is 9.59 Å². The van der Waals surface area contributed by atoms with Crippen molar-refractivity contribution in [2.75, 3.05) is 6.54 Å². The maximum atomic E-state index is 11.6. The number of hydrogen-bond donors (Lipinski definition) is 1. The first-order valence-electron chi connectivity index (χ1n) is 5.78. The second kappa shape index (κ2) is 6.21. The van der Waals surface area contributed by atoms with E-state index in [2.05, 4.69) is 0 Å². The van der Waals surface area contributed by atoms with Crippen molar-refractivity contribution in [3.05, 3.63) is 12.2 Å². The minimum Gasteiger partial charge on any atom is -0.387 e. The molecule has 0 heterocycles. The molecule has 96 valence electrons. The number of rotatable bonds is 4. The molecule has 4 nitrogen and oxygen atoms in total. The summed E-state index contributed by atoms with van der Waals surface area (Å²) in [5, 5.41) is 9.77. The lowest BCUT2D eigenvalue weighted by atomic mass is 10.1. The summed E-state index contributed by atoms with van der Waals surface area (Å²) >= 11 is 1.17. The van der Waals surface area contributed by atoms with Crippen molar-refractivity contribution in [2.24, 2.45) is 0 Å². The third-order valence-electron chi connectivity index (χ3n) is 2.72. The van der Waals surface area contributed by atoms with E-state index in [1.54, 1.807) is 11.0 Å². The van der Waals surface area contributed by atoms with Crippen LogP contribution in [0.3, 0.4) is 0 Å². The van der Waals surface area contributed by atoms with Gasteiger partial charge in [-0.2, -0.15) is 0 Å². The molecule has 1 aliphatic carbocycles. The highest BCUT2D eigenvalue weighted by Gasteiger charge is 2.37. The minimum absolute atomic E-state index is 0.00116. The zero-order chi connectivity index (χ0) is 13.0. The van der Waals surface area contributed by atoms with Crippen LogP contribution < -0.4 is 0 Å². The van der Waals surface area contributed by atoms with Gasteiger partial charge in [0, 0.05) is 20.4 Å². The van der Waals surface area contributed by atoms with E-state index >= 15 is 0 Å². The quantitative estimate of drug-likeness (QED) is 0.769. The van der Waals surface area contributed by atoms with E-state index in [9.17, 15) is 14.7 Å². The zero-order valence-corrected chi connectivity index (χ0v) is 11.2. The molecule has 1 rings (SSSR count). The van der Waals surface area contributed by atoms with Gasteiger partial charge in [-0.1, -0.05) is 30.8 Å². The summed E-state index contributed by atoms with van der Waals surface area (Å²) in [6, 6.07) is -0.318. The van der Waals surface area contributed by atoms with Crippen LogP contribution in [0.2, 0.25) is 0 Å². The van der Waals surface area contributed by atoms with E-state index < -0.39 is 6.10 Å². The van der Waals surface area contributed by atoms with Gasteiger partial charge in [-0.25, -0.2) is 0 Å². The van der Waals surface area contributed by atoms with Crippen LogP contribution >= 0.6 is 11.8 Å². The van der Waals surface area contributed by atoms with Crippen LogP contribution in [0.1, 0.15) is 27.2 Å². The van der Waals surface area contributed by atoms with Crippen LogP contribution in [0, 0.1) is 0 Å². The van der Waals surface area contributed by atoms with E-state index in [1.807, 2.05) is 13.0 Å². The lowest BCUT2D eigenvalue weighted by Gasteiger charge is -2.33. The van der Waals surface area contributed by atoms with Gasteiger partial charge in [-0.05, 0) is 6.42 Å². The third kappa shape index (κ3) is 3.57. The molecule has 3 atom stereocenters. The van der Waals surface area contributed by atoms with Crippen molar-refractivity contribution in [3.8, 4) is 0 Å². The molecular formula is C12H19NO3S. The Morgan fingerprint density at radius 2 is 2.00 bits per heavy atom. The summed E-state index contributed by atoms with van der Waals surface area (Å²) in [7, 11) is 0. The molecule has 17 heavy (non-hydrogen) atoms. The van der Waals surface area contributed by atoms with Crippen molar-refractivity contribution in [3.63, 3.8) is 0 Å². The third-order valence-corrected chi connectivity index (χ3v) is 3.76. The number of carbonyl (C=O) groups is 2. The molecular weight excluding hydrogens is 238 g/mol. The smallest absolute Gasteiger partial charge is 0.219 e. The second-order valence-corrected chi connectivity index (χ2v) is 5.51. The lowest BCUT2D eigenvalue weighted by molar-refractivity contribution is -0.132. The van der Waals surface area contributed by atoms with Gasteiger partial charge in [0.1, 0.15) is 0 Å². The number of amides is 1. The van der Waals surface area contributed by atoms with E-state index in [4.69, 9.17) is 0 Å². The maximum Gasteiger partial charge on any atom is 0.219 e. The molecule has 0 aromatic carbocycles. The number of nitrogens with zero attached hydrogens (tertiary/aromatic N) is 1. The molecule has 0 radical (unpaired) electrons. The van der Waals surface area contributed by atoms with E-state index in [-0.39, 0.29) is 22.3 Å². The maximum absolute atomic E-state index is 11.6. The average molecular weight is 257 g/mol. The Bertz CT molecular complexity index is 330. The fourth-order valence-corrected chi connectivity index (χ4v) is 3.06. The number of carbonyl (C=O) groups excluding carboxylic acids is 2. The molecule has 0 saturated carbocycles. The topological polar surface area (TPSA) is 57.6 Å². The normalized spacial score (nSPS) is 27.2. The largest absolute Gasteiger partial charge is 0.387 e. The molecule has 0 spiro atoms. The van der Waals surface area contributed by atoms with Crippen LogP contribution in [-0.4, -0.2) is 45.0 Å². The molecule has 0 bridgehead atoms. The van der Waals surface area contributed by atoms with Crippen molar-refractivity contribution in [1.82, 2.24) is 4.90 Å². The molecule has 0 saturated heterocycles. The van der Waals surface area contributed by atoms with Gasteiger partial charge in [0.25, 0.3) is 0 Å². The van der Waals surface area contributed by atoms with Crippen LogP contribution in [0.25, 0.3) is 0 Å². The summed E-state index contributed by atoms with van der Waals surface area (Å²) in [5.41, 5.74) is 0. The van der Waals surface area contributed by atoms with E-state index in [0.29, 0.717) is 6.54 Å². The SMILES string of the molecule is CCCN(C(C)=O)[C@H]1[C@H](O)C=C[C@@H]1SC(C)=O. The summed E-state index contributed by atoms with van der Waals surface area (Å²) in [4.78, 5) is 24.4. The van der Waals surface area contributed by atoms with Gasteiger partial charge in [0.15, 0.2) is 5.12 Å². The Hall–Kier alpha value is -0.810. The van der Waals surface area contributed by atoms with Crippen LogP contribution in [0.4, 0.5) is 0 Å². The molecule has 0 fully saturated rings. The highest BCUT2D eigenvalue weighted by molar-refractivity contribution is 8.14. The Morgan fingerprint density at radius 1 is 1.35 bits per heavy atom. The molecule has 0 aromatic rings. The summed E-state index contributed by atoms with van der Waals surface area (Å²) < 4.78 is 0. The van der Waals surface area contributed by atoms with Crippen LogP contribution in [-0.2, 0) is 9.59 Å². The van der Waals surface area contributed by atoms with Crippen molar-refractivity contribution >= 4 is 22.8 Å². The number of aliphatic hydroxyl groups is 1. The van der Waals surface area contributed by atoms with Crippen LogP contribution in [0.5, 0.6) is 0 Å². The predicted molar refractivity (Wildman–Crippen MR) is 68.7 cm³/mol. The van der Waals surface area contributed by atoms with E-state index in [0.717, 1.165) is 6.42 Å². The Morgan fingerprint density at radius 3 is 2.47 bits per heavy atom. The lowest BCUT2D eigenvalue weighted by Crippen LogP contribution is -2.49. The molecule has 1 aliphatic rings. The highest BCUT2D eigenvalue weighted by atomic mass is 32.2. The zero-order valence-electron chi connectivity index (χ0n) is 10.4. The number of hydrogen-bond acceptors (Lipinski definition) is 4. The van der Waals surface area contributed by atoms with Crippen molar-refractivity contribution in [1.29, 1.82) is 0 Å². The molecule has 0 aromatic heterocycles. The summed E-state index contributed by atoms with van der Waals surface area (Å²) in [5.74, 6) is -0.0613.